The number of sulfonamides is 1. The first-order valence-electron chi connectivity index (χ1n) is 10.0. The summed E-state index contributed by atoms with van der Waals surface area (Å²) in [7, 11) is 1.79. The van der Waals surface area contributed by atoms with E-state index in [1.54, 1.807) is 18.4 Å². The molecule has 3 rings (SSSR count). The molecule has 1 atom stereocenters. The quantitative estimate of drug-likeness (QED) is 0.601. The topological polar surface area (TPSA) is 118 Å². The number of thiophene rings is 1. The van der Waals surface area contributed by atoms with Crippen molar-refractivity contribution in [3.05, 3.63) is 40.3 Å². The van der Waals surface area contributed by atoms with Gasteiger partial charge >= 0.3 is 0 Å². The van der Waals surface area contributed by atoms with E-state index in [4.69, 9.17) is 5.73 Å². The van der Waals surface area contributed by atoms with Gasteiger partial charge in [0.1, 0.15) is 10.6 Å². The summed E-state index contributed by atoms with van der Waals surface area (Å²) in [4.78, 5) is 27.4. The standard InChI is InChI=1S/C20H29N5O4S2/c1-23(2)17(18-5-4-10-30-18)12-22-20(27)14-6-8-25(9-7-14)31(28,29)15-11-16(19(21)26)24(3)13-15/h4-5,10-11,13-14,17H,6-9,12H2,1-3H3,(H2,21,26)(H,22,27). The summed E-state index contributed by atoms with van der Waals surface area (Å²) >= 11 is 1.65. The average molecular weight is 468 g/mol. The fraction of sp³-hybridized carbons (Fsp3) is 0.500. The molecular weight excluding hydrogens is 438 g/mol. The molecule has 0 aromatic carbocycles. The van der Waals surface area contributed by atoms with Gasteiger partial charge in [-0.2, -0.15) is 4.31 Å². The molecule has 0 saturated carbocycles. The Morgan fingerprint density at radius 2 is 2.00 bits per heavy atom. The minimum absolute atomic E-state index is 0.0384. The van der Waals surface area contributed by atoms with Crippen LogP contribution in [0.4, 0.5) is 0 Å². The molecule has 170 valence electrons. The molecule has 0 bridgehead atoms. The average Bonchev–Trinajstić information content (AvgIpc) is 3.38. The van der Waals surface area contributed by atoms with Crippen LogP contribution in [-0.2, 0) is 21.9 Å². The van der Waals surface area contributed by atoms with Crippen molar-refractivity contribution in [1.82, 2.24) is 19.1 Å². The minimum Gasteiger partial charge on any atom is -0.364 e. The number of aromatic nitrogens is 1. The molecule has 0 radical (unpaired) electrons. The molecule has 31 heavy (non-hydrogen) atoms. The van der Waals surface area contributed by atoms with Gasteiger partial charge in [0.25, 0.3) is 5.91 Å². The summed E-state index contributed by atoms with van der Waals surface area (Å²) in [5, 5.41) is 5.05. The molecule has 11 heteroatoms. The Kier molecular flexibility index (Phi) is 7.20. The molecule has 1 saturated heterocycles. The maximum absolute atomic E-state index is 12.9. The van der Waals surface area contributed by atoms with E-state index in [9.17, 15) is 18.0 Å². The number of carbonyl (C=O) groups excluding carboxylic acids is 2. The Hall–Kier alpha value is -2.21. The number of nitrogens with zero attached hydrogens (tertiary/aromatic N) is 3. The van der Waals surface area contributed by atoms with Crippen LogP contribution in [0.1, 0.15) is 34.2 Å². The summed E-state index contributed by atoms with van der Waals surface area (Å²) in [5.41, 5.74) is 5.42. The van der Waals surface area contributed by atoms with Gasteiger partial charge in [0.2, 0.25) is 15.9 Å². The normalized spacial score (nSPS) is 17.0. The monoisotopic (exact) mass is 467 g/mol. The summed E-state index contributed by atoms with van der Waals surface area (Å²) in [6.07, 6.45) is 2.29. The van der Waals surface area contributed by atoms with Crippen LogP contribution in [0.3, 0.4) is 0 Å². The molecule has 0 spiro atoms. The van der Waals surface area contributed by atoms with Gasteiger partial charge < -0.3 is 20.5 Å². The lowest BCUT2D eigenvalue weighted by Crippen LogP contribution is -2.44. The van der Waals surface area contributed by atoms with Crippen LogP contribution < -0.4 is 11.1 Å². The molecule has 9 nitrogen and oxygen atoms in total. The number of piperidine rings is 1. The molecular formula is C20H29N5O4S2. The van der Waals surface area contributed by atoms with Crippen LogP contribution in [0.15, 0.2) is 34.7 Å². The second kappa shape index (κ2) is 9.51. The fourth-order valence-corrected chi connectivity index (χ4v) is 6.25. The van der Waals surface area contributed by atoms with Gasteiger partial charge in [0.05, 0.1) is 6.04 Å². The molecule has 2 aromatic heterocycles. The first kappa shape index (κ1) is 23.5. The van der Waals surface area contributed by atoms with Crippen LogP contribution in [0, 0.1) is 5.92 Å². The smallest absolute Gasteiger partial charge is 0.265 e. The Morgan fingerprint density at radius 1 is 1.32 bits per heavy atom. The Morgan fingerprint density at radius 3 is 2.52 bits per heavy atom. The van der Waals surface area contributed by atoms with Crippen LogP contribution in [0.2, 0.25) is 0 Å². The Balaban J connectivity index is 1.58. The number of nitrogens with two attached hydrogens (primary N) is 1. The van der Waals surface area contributed by atoms with Gasteiger partial charge in [-0.3, -0.25) is 9.59 Å². The first-order chi connectivity index (χ1) is 14.6. The van der Waals surface area contributed by atoms with Crippen LogP contribution in [-0.4, -0.2) is 67.7 Å². The highest BCUT2D eigenvalue weighted by molar-refractivity contribution is 7.89. The molecule has 3 N–H and O–H groups in total. The third kappa shape index (κ3) is 5.17. The zero-order valence-electron chi connectivity index (χ0n) is 17.9. The maximum Gasteiger partial charge on any atom is 0.265 e. The number of rotatable bonds is 8. The predicted octanol–water partition coefficient (Wildman–Crippen LogP) is 1.01. The van der Waals surface area contributed by atoms with E-state index >= 15 is 0 Å². The lowest BCUT2D eigenvalue weighted by Gasteiger charge is -2.31. The molecule has 3 heterocycles. The summed E-state index contributed by atoms with van der Waals surface area (Å²) < 4.78 is 28.6. The zero-order valence-corrected chi connectivity index (χ0v) is 19.6. The van der Waals surface area contributed by atoms with Gasteiger partial charge in [-0.05, 0) is 44.4 Å². The van der Waals surface area contributed by atoms with Crippen molar-refractivity contribution in [3.8, 4) is 0 Å². The highest BCUT2D eigenvalue weighted by Crippen LogP contribution is 2.26. The maximum atomic E-state index is 12.9. The van der Waals surface area contributed by atoms with Crippen molar-refractivity contribution in [2.24, 2.45) is 18.7 Å². The van der Waals surface area contributed by atoms with E-state index in [1.165, 1.54) is 26.0 Å². The van der Waals surface area contributed by atoms with Gasteiger partial charge in [-0.1, -0.05) is 6.07 Å². The van der Waals surface area contributed by atoms with Gasteiger partial charge in [0.15, 0.2) is 0 Å². The number of hydrogen-bond acceptors (Lipinski definition) is 6. The van der Waals surface area contributed by atoms with Crippen molar-refractivity contribution in [2.75, 3.05) is 33.7 Å². The van der Waals surface area contributed by atoms with Crippen molar-refractivity contribution in [1.29, 1.82) is 0 Å². The fourth-order valence-electron chi connectivity index (χ4n) is 3.79. The molecule has 0 aliphatic carbocycles. The van der Waals surface area contributed by atoms with Crippen molar-refractivity contribution in [2.45, 2.75) is 23.8 Å². The molecule has 1 fully saturated rings. The number of aryl methyl sites for hydroxylation is 1. The van der Waals surface area contributed by atoms with E-state index in [1.807, 2.05) is 25.5 Å². The molecule has 2 amide bonds. The van der Waals surface area contributed by atoms with Crippen molar-refractivity contribution >= 4 is 33.2 Å². The second-order valence-electron chi connectivity index (χ2n) is 7.95. The van der Waals surface area contributed by atoms with Gasteiger partial charge in [0, 0.05) is 43.7 Å². The van der Waals surface area contributed by atoms with Crippen molar-refractivity contribution in [3.63, 3.8) is 0 Å². The lowest BCUT2D eigenvalue weighted by molar-refractivity contribution is -0.126. The lowest BCUT2D eigenvalue weighted by atomic mass is 9.97. The van der Waals surface area contributed by atoms with E-state index in [0.717, 1.165) is 0 Å². The van der Waals surface area contributed by atoms with Crippen molar-refractivity contribution < 1.29 is 18.0 Å². The molecule has 1 aliphatic heterocycles. The number of amides is 2. The molecule has 1 aliphatic rings. The summed E-state index contributed by atoms with van der Waals surface area (Å²) in [6, 6.07) is 5.44. The number of nitrogens with one attached hydrogen (secondary N) is 1. The van der Waals surface area contributed by atoms with Gasteiger partial charge in [-0.25, -0.2) is 8.42 Å². The van der Waals surface area contributed by atoms with E-state index in [0.29, 0.717) is 19.4 Å². The van der Waals surface area contributed by atoms with Crippen LogP contribution in [0.5, 0.6) is 0 Å². The Labute approximate surface area is 186 Å². The molecule has 1 unspecified atom stereocenters. The second-order valence-corrected chi connectivity index (χ2v) is 10.9. The van der Waals surface area contributed by atoms with E-state index in [2.05, 4.69) is 16.3 Å². The van der Waals surface area contributed by atoms with Gasteiger partial charge in [-0.15, -0.1) is 11.3 Å². The minimum atomic E-state index is -3.75. The highest BCUT2D eigenvalue weighted by atomic mass is 32.2. The van der Waals surface area contributed by atoms with E-state index in [-0.39, 0.29) is 41.5 Å². The van der Waals surface area contributed by atoms with Crippen LogP contribution in [0.25, 0.3) is 0 Å². The number of carbonyl (C=O) groups is 2. The Bertz CT molecular complexity index is 1020. The zero-order chi connectivity index (χ0) is 22.8. The summed E-state index contributed by atoms with van der Waals surface area (Å²) in [6.45, 7) is 1.01. The molecule has 2 aromatic rings. The number of primary amides is 1. The third-order valence-corrected chi connectivity index (χ3v) is 8.50. The van der Waals surface area contributed by atoms with Crippen LogP contribution >= 0.6 is 11.3 Å². The number of hydrogen-bond donors (Lipinski definition) is 2. The largest absolute Gasteiger partial charge is 0.364 e. The third-order valence-electron chi connectivity index (χ3n) is 5.66. The SMILES string of the molecule is CN(C)C(CNC(=O)C1CCN(S(=O)(=O)c2cc(C(N)=O)n(C)c2)CC1)c1cccs1. The predicted molar refractivity (Wildman–Crippen MR) is 119 cm³/mol. The summed E-state index contributed by atoms with van der Waals surface area (Å²) in [5.74, 6) is -0.955. The first-order valence-corrected chi connectivity index (χ1v) is 12.4. The van der Waals surface area contributed by atoms with E-state index < -0.39 is 15.9 Å². The highest BCUT2D eigenvalue weighted by Gasteiger charge is 2.33. The number of likely N-dealkylation sites (N-methyl/N-ethyl adjacent to an activating group) is 1.